The molecule has 142 valence electrons. The van der Waals surface area contributed by atoms with Crippen LogP contribution in [0, 0.1) is 0 Å². The molecule has 0 radical (unpaired) electrons. The van der Waals surface area contributed by atoms with Crippen LogP contribution < -0.4 is 5.32 Å². The molecule has 1 N–H and O–H groups in total. The Morgan fingerprint density at radius 1 is 1.03 bits per heavy atom. The normalized spacial score (nSPS) is 10.9. The molecule has 1 amide bonds. The van der Waals surface area contributed by atoms with E-state index in [1.165, 1.54) is 6.08 Å². The van der Waals surface area contributed by atoms with Gasteiger partial charge in [-0.1, -0.05) is 41.9 Å². The molecule has 29 heavy (non-hydrogen) atoms. The van der Waals surface area contributed by atoms with Crippen LogP contribution in [0.1, 0.15) is 5.56 Å². The van der Waals surface area contributed by atoms with E-state index in [-0.39, 0.29) is 5.91 Å². The predicted molar refractivity (Wildman–Crippen MR) is 120 cm³/mol. The maximum absolute atomic E-state index is 12.3. The van der Waals surface area contributed by atoms with Crippen molar-refractivity contribution in [1.82, 2.24) is 9.97 Å². The summed E-state index contributed by atoms with van der Waals surface area (Å²) in [7, 11) is 0. The molecule has 4 nitrogen and oxygen atoms in total. The Balaban J connectivity index is 1.49. The first-order valence-electron chi connectivity index (χ1n) is 8.89. The number of hydrogen-bond acceptors (Lipinski definition) is 4. The zero-order valence-corrected chi connectivity index (χ0v) is 16.8. The third-order valence-electron chi connectivity index (χ3n) is 4.16. The van der Waals surface area contributed by atoms with Gasteiger partial charge in [0.25, 0.3) is 0 Å². The van der Waals surface area contributed by atoms with E-state index in [2.05, 4.69) is 10.3 Å². The lowest BCUT2D eigenvalue weighted by molar-refractivity contribution is -0.111. The molecule has 2 aromatic carbocycles. The Bertz CT molecular complexity index is 1170. The smallest absolute Gasteiger partial charge is 0.248 e. The first-order chi connectivity index (χ1) is 14.2. The molecule has 2 aromatic heterocycles. The monoisotopic (exact) mass is 417 g/mol. The lowest BCUT2D eigenvalue weighted by atomic mass is 10.1. The standard InChI is InChI=1S/C23H16ClN3OS/c24-20-9-2-1-5-16(20)10-11-22(28)26-19-8-3-6-17(13-19)21-15-29-23(27-21)18-7-4-12-25-14-18/h1-15H,(H,26,28)/b11-10+. The highest BCUT2D eigenvalue weighted by molar-refractivity contribution is 7.13. The number of thiazole rings is 1. The molecule has 0 aliphatic heterocycles. The first-order valence-corrected chi connectivity index (χ1v) is 10.1. The molecule has 0 bridgehead atoms. The van der Waals surface area contributed by atoms with E-state index in [1.54, 1.807) is 35.9 Å². The van der Waals surface area contributed by atoms with Gasteiger partial charge in [0.15, 0.2) is 0 Å². The van der Waals surface area contributed by atoms with E-state index >= 15 is 0 Å². The lowest BCUT2D eigenvalue weighted by Gasteiger charge is -2.04. The Hall–Kier alpha value is -3.28. The van der Waals surface area contributed by atoms with Crippen molar-refractivity contribution in [3.05, 3.63) is 95.1 Å². The number of carbonyl (C=O) groups excluding carboxylic acids is 1. The fourth-order valence-electron chi connectivity index (χ4n) is 2.74. The highest BCUT2D eigenvalue weighted by Gasteiger charge is 2.08. The minimum atomic E-state index is -0.226. The topological polar surface area (TPSA) is 54.9 Å². The number of halogens is 1. The molecule has 0 unspecified atom stereocenters. The largest absolute Gasteiger partial charge is 0.322 e. The van der Waals surface area contributed by atoms with Gasteiger partial charge in [-0.05, 0) is 42.0 Å². The number of pyridine rings is 1. The summed E-state index contributed by atoms with van der Waals surface area (Å²) >= 11 is 7.67. The van der Waals surface area contributed by atoms with Crippen molar-refractivity contribution in [2.24, 2.45) is 0 Å². The van der Waals surface area contributed by atoms with Crippen molar-refractivity contribution in [2.45, 2.75) is 0 Å². The SMILES string of the molecule is O=C(/C=C/c1ccccc1Cl)Nc1cccc(-c2csc(-c3cccnc3)n2)c1. The first kappa shape index (κ1) is 19.1. The Morgan fingerprint density at radius 3 is 2.72 bits per heavy atom. The third-order valence-corrected chi connectivity index (χ3v) is 5.39. The van der Waals surface area contributed by atoms with Gasteiger partial charge in [0.1, 0.15) is 5.01 Å². The summed E-state index contributed by atoms with van der Waals surface area (Å²) in [6.07, 6.45) is 6.70. The highest BCUT2D eigenvalue weighted by Crippen LogP contribution is 2.29. The fraction of sp³-hybridized carbons (Fsp3) is 0. The molecule has 0 aliphatic carbocycles. The van der Waals surface area contributed by atoms with Gasteiger partial charge in [0, 0.05) is 45.7 Å². The molecule has 0 fully saturated rings. The van der Waals surface area contributed by atoms with E-state index in [9.17, 15) is 4.79 Å². The van der Waals surface area contributed by atoms with Gasteiger partial charge in [-0.25, -0.2) is 4.98 Å². The molecule has 4 rings (SSSR count). The van der Waals surface area contributed by atoms with Crippen molar-refractivity contribution in [3.63, 3.8) is 0 Å². The second kappa shape index (κ2) is 8.82. The molecular weight excluding hydrogens is 402 g/mol. The van der Waals surface area contributed by atoms with Crippen LogP contribution in [0.3, 0.4) is 0 Å². The number of carbonyl (C=O) groups is 1. The Morgan fingerprint density at radius 2 is 1.90 bits per heavy atom. The summed E-state index contributed by atoms with van der Waals surface area (Å²) < 4.78 is 0. The fourth-order valence-corrected chi connectivity index (χ4v) is 3.76. The molecule has 0 saturated heterocycles. The second-order valence-corrected chi connectivity index (χ2v) is 7.47. The Kier molecular flexibility index (Phi) is 5.79. The van der Waals surface area contributed by atoms with Gasteiger partial charge in [-0.2, -0.15) is 0 Å². The van der Waals surface area contributed by atoms with Crippen LogP contribution in [0.4, 0.5) is 5.69 Å². The minimum absolute atomic E-state index is 0.226. The number of anilines is 1. The van der Waals surface area contributed by atoms with Crippen LogP contribution in [0.2, 0.25) is 5.02 Å². The van der Waals surface area contributed by atoms with Crippen molar-refractivity contribution >= 4 is 40.6 Å². The zero-order valence-electron chi connectivity index (χ0n) is 15.2. The lowest BCUT2D eigenvalue weighted by Crippen LogP contribution is -2.07. The number of nitrogens with one attached hydrogen (secondary N) is 1. The maximum Gasteiger partial charge on any atom is 0.248 e. The van der Waals surface area contributed by atoms with Gasteiger partial charge in [0.05, 0.1) is 5.69 Å². The van der Waals surface area contributed by atoms with Crippen molar-refractivity contribution in [3.8, 4) is 21.8 Å². The average Bonchev–Trinajstić information content (AvgIpc) is 3.24. The third kappa shape index (κ3) is 4.77. The summed E-state index contributed by atoms with van der Waals surface area (Å²) in [6.45, 7) is 0. The summed E-state index contributed by atoms with van der Waals surface area (Å²) in [6, 6.07) is 18.9. The maximum atomic E-state index is 12.3. The number of hydrogen-bond donors (Lipinski definition) is 1. The molecule has 2 heterocycles. The molecule has 4 aromatic rings. The van der Waals surface area contributed by atoms with Gasteiger partial charge in [-0.3, -0.25) is 9.78 Å². The van der Waals surface area contributed by atoms with Crippen LogP contribution in [-0.4, -0.2) is 15.9 Å². The molecule has 0 saturated carbocycles. The number of amides is 1. The molecular formula is C23H16ClN3OS. The van der Waals surface area contributed by atoms with E-state index in [0.29, 0.717) is 10.7 Å². The predicted octanol–water partition coefficient (Wildman–Crippen LogP) is 6.18. The quantitative estimate of drug-likeness (QED) is 0.394. The zero-order chi connectivity index (χ0) is 20.1. The summed E-state index contributed by atoms with van der Waals surface area (Å²) in [5.74, 6) is -0.226. The van der Waals surface area contributed by atoms with E-state index < -0.39 is 0 Å². The van der Waals surface area contributed by atoms with Crippen LogP contribution in [0.25, 0.3) is 27.9 Å². The van der Waals surface area contributed by atoms with Gasteiger partial charge in [-0.15, -0.1) is 11.3 Å². The number of benzene rings is 2. The minimum Gasteiger partial charge on any atom is -0.322 e. The summed E-state index contributed by atoms with van der Waals surface area (Å²) in [5.41, 5.74) is 4.27. The molecule has 6 heteroatoms. The van der Waals surface area contributed by atoms with Crippen molar-refractivity contribution in [2.75, 3.05) is 5.32 Å². The second-order valence-electron chi connectivity index (χ2n) is 6.20. The number of nitrogens with zero attached hydrogens (tertiary/aromatic N) is 2. The van der Waals surface area contributed by atoms with E-state index in [1.807, 2.05) is 60.0 Å². The van der Waals surface area contributed by atoms with Crippen molar-refractivity contribution < 1.29 is 4.79 Å². The summed E-state index contributed by atoms with van der Waals surface area (Å²) in [4.78, 5) is 21.1. The average molecular weight is 418 g/mol. The molecule has 0 spiro atoms. The van der Waals surface area contributed by atoms with Crippen LogP contribution >= 0.6 is 22.9 Å². The summed E-state index contributed by atoms with van der Waals surface area (Å²) in [5, 5.41) is 6.39. The molecule has 0 aliphatic rings. The van der Waals surface area contributed by atoms with Crippen LogP contribution in [0.5, 0.6) is 0 Å². The van der Waals surface area contributed by atoms with E-state index in [0.717, 1.165) is 27.4 Å². The Labute approximate surface area is 177 Å². The van der Waals surface area contributed by atoms with Gasteiger partial charge < -0.3 is 5.32 Å². The van der Waals surface area contributed by atoms with E-state index in [4.69, 9.17) is 16.6 Å². The van der Waals surface area contributed by atoms with Gasteiger partial charge >= 0.3 is 0 Å². The number of aromatic nitrogens is 2. The molecule has 0 atom stereocenters. The number of rotatable bonds is 5. The van der Waals surface area contributed by atoms with Crippen LogP contribution in [-0.2, 0) is 4.79 Å². The van der Waals surface area contributed by atoms with Crippen LogP contribution in [0.15, 0.2) is 84.5 Å². The highest BCUT2D eigenvalue weighted by atomic mass is 35.5. The van der Waals surface area contributed by atoms with Crippen molar-refractivity contribution in [1.29, 1.82) is 0 Å². The van der Waals surface area contributed by atoms with Gasteiger partial charge in [0.2, 0.25) is 5.91 Å².